The van der Waals surface area contributed by atoms with Gasteiger partial charge >= 0.3 is 0 Å². The fourth-order valence-corrected chi connectivity index (χ4v) is 3.67. The number of fused-ring (bicyclic) bond motifs is 1. The molecule has 24 heavy (non-hydrogen) atoms. The molecule has 1 aromatic carbocycles. The summed E-state index contributed by atoms with van der Waals surface area (Å²) in [4.78, 5) is 22.2. The molecule has 0 bridgehead atoms. The minimum Gasteiger partial charge on any atom is -0.309 e. The number of H-pyrrole nitrogens is 1. The van der Waals surface area contributed by atoms with Gasteiger partial charge in [0.05, 0.1) is 12.7 Å². The molecule has 124 valence electrons. The lowest BCUT2D eigenvalue weighted by Crippen LogP contribution is -2.26. The fourth-order valence-electron chi connectivity index (χ4n) is 3.67. The molecule has 3 aromatic rings. The van der Waals surface area contributed by atoms with Crippen molar-refractivity contribution in [2.45, 2.75) is 32.4 Å². The molecule has 0 saturated carbocycles. The van der Waals surface area contributed by atoms with E-state index in [4.69, 9.17) is 0 Å². The summed E-state index contributed by atoms with van der Waals surface area (Å²) in [5, 5.41) is 4.66. The number of nitrogens with zero attached hydrogens (tertiary/aromatic N) is 4. The zero-order chi connectivity index (χ0) is 16.7. The Bertz CT molecular complexity index is 942. The molecule has 0 unspecified atom stereocenters. The SMILES string of the molecule is Cc1ccccc1[C@@H]1CCCN1Cc1nc2c(cnn2C)c(=O)[nH]1. The van der Waals surface area contributed by atoms with E-state index < -0.39 is 0 Å². The van der Waals surface area contributed by atoms with Gasteiger partial charge in [-0.15, -0.1) is 0 Å². The maximum atomic E-state index is 12.2. The molecule has 6 nitrogen and oxygen atoms in total. The molecule has 0 amide bonds. The van der Waals surface area contributed by atoms with Crippen LogP contribution in [0.5, 0.6) is 0 Å². The third-order valence-corrected chi connectivity index (χ3v) is 4.91. The van der Waals surface area contributed by atoms with Crippen LogP contribution in [0.4, 0.5) is 0 Å². The van der Waals surface area contributed by atoms with Crippen LogP contribution in [-0.4, -0.2) is 31.2 Å². The predicted molar refractivity (Wildman–Crippen MR) is 92.7 cm³/mol. The summed E-state index contributed by atoms with van der Waals surface area (Å²) in [5.41, 5.74) is 3.21. The summed E-state index contributed by atoms with van der Waals surface area (Å²) in [6.45, 7) is 3.83. The average Bonchev–Trinajstić information content (AvgIpc) is 3.16. The van der Waals surface area contributed by atoms with Crippen LogP contribution in [0.3, 0.4) is 0 Å². The molecule has 0 spiro atoms. The van der Waals surface area contributed by atoms with Crippen LogP contribution in [0.25, 0.3) is 11.0 Å². The highest BCUT2D eigenvalue weighted by Crippen LogP contribution is 2.34. The van der Waals surface area contributed by atoms with Crippen LogP contribution in [0, 0.1) is 6.92 Å². The van der Waals surface area contributed by atoms with Gasteiger partial charge in [0.15, 0.2) is 5.65 Å². The van der Waals surface area contributed by atoms with Gasteiger partial charge < -0.3 is 4.98 Å². The van der Waals surface area contributed by atoms with Gasteiger partial charge in [-0.1, -0.05) is 24.3 Å². The average molecular weight is 323 g/mol. The highest BCUT2D eigenvalue weighted by Gasteiger charge is 2.27. The largest absolute Gasteiger partial charge is 0.309 e. The monoisotopic (exact) mass is 323 g/mol. The van der Waals surface area contributed by atoms with Gasteiger partial charge in [0.2, 0.25) is 0 Å². The van der Waals surface area contributed by atoms with Crippen molar-refractivity contribution >= 4 is 11.0 Å². The van der Waals surface area contributed by atoms with Gasteiger partial charge in [0, 0.05) is 13.1 Å². The van der Waals surface area contributed by atoms with Crippen LogP contribution in [0.1, 0.15) is 35.8 Å². The molecule has 0 aliphatic carbocycles. The molecular weight excluding hydrogens is 302 g/mol. The van der Waals surface area contributed by atoms with Crippen LogP contribution in [0.2, 0.25) is 0 Å². The van der Waals surface area contributed by atoms with Gasteiger partial charge in [-0.05, 0) is 37.4 Å². The topological polar surface area (TPSA) is 66.8 Å². The Morgan fingerprint density at radius 1 is 1.33 bits per heavy atom. The molecule has 1 fully saturated rings. The summed E-state index contributed by atoms with van der Waals surface area (Å²) in [5.74, 6) is 0.705. The van der Waals surface area contributed by atoms with Gasteiger partial charge in [-0.25, -0.2) is 4.98 Å². The van der Waals surface area contributed by atoms with E-state index in [0.29, 0.717) is 29.4 Å². The van der Waals surface area contributed by atoms with Crippen molar-refractivity contribution in [3.8, 4) is 0 Å². The molecule has 4 rings (SSSR count). The van der Waals surface area contributed by atoms with E-state index in [9.17, 15) is 4.79 Å². The number of hydrogen-bond acceptors (Lipinski definition) is 4. The molecule has 1 saturated heterocycles. The van der Waals surface area contributed by atoms with E-state index in [0.717, 1.165) is 19.4 Å². The number of hydrogen-bond donors (Lipinski definition) is 1. The lowest BCUT2D eigenvalue weighted by atomic mass is 9.99. The van der Waals surface area contributed by atoms with Crippen LogP contribution in [0.15, 0.2) is 35.3 Å². The smallest absolute Gasteiger partial charge is 0.262 e. The number of aromatic nitrogens is 4. The highest BCUT2D eigenvalue weighted by molar-refractivity contribution is 5.72. The molecule has 1 N–H and O–H groups in total. The summed E-state index contributed by atoms with van der Waals surface area (Å²) in [6, 6.07) is 8.93. The van der Waals surface area contributed by atoms with Crippen molar-refractivity contribution in [3.05, 3.63) is 57.8 Å². The van der Waals surface area contributed by atoms with Crippen LogP contribution < -0.4 is 5.56 Å². The second-order valence-electron chi connectivity index (χ2n) is 6.50. The van der Waals surface area contributed by atoms with Crippen molar-refractivity contribution in [1.29, 1.82) is 0 Å². The zero-order valence-electron chi connectivity index (χ0n) is 14.0. The minimum atomic E-state index is -0.116. The van der Waals surface area contributed by atoms with Gasteiger partial charge in [0.1, 0.15) is 11.2 Å². The summed E-state index contributed by atoms with van der Waals surface area (Å²) < 4.78 is 1.65. The molecule has 1 aliphatic rings. The number of benzene rings is 1. The van der Waals surface area contributed by atoms with Crippen molar-refractivity contribution in [3.63, 3.8) is 0 Å². The first-order valence-corrected chi connectivity index (χ1v) is 8.34. The van der Waals surface area contributed by atoms with Crippen molar-refractivity contribution in [2.75, 3.05) is 6.54 Å². The third kappa shape index (κ3) is 2.53. The molecule has 3 heterocycles. The summed E-state index contributed by atoms with van der Waals surface area (Å²) in [7, 11) is 1.81. The van der Waals surface area contributed by atoms with Crippen LogP contribution >= 0.6 is 0 Å². The van der Waals surface area contributed by atoms with Crippen molar-refractivity contribution in [1.82, 2.24) is 24.6 Å². The lowest BCUT2D eigenvalue weighted by molar-refractivity contribution is 0.241. The first-order chi connectivity index (χ1) is 11.6. The summed E-state index contributed by atoms with van der Waals surface area (Å²) in [6.07, 6.45) is 3.87. The third-order valence-electron chi connectivity index (χ3n) is 4.91. The molecule has 6 heteroatoms. The standard InChI is InChI=1S/C18H21N5O/c1-12-6-3-4-7-13(12)15-8-5-9-23(15)11-16-20-17-14(18(24)21-16)10-19-22(17)2/h3-4,6-7,10,15H,5,8-9,11H2,1-2H3,(H,20,21,24)/t15-/m0/s1. The zero-order valence-corrected chi connectivity index (χ0v) is 14.0. The van der Waals surface area contributed by atoms with E-state index in [1.54, 1.807) is 10.9 Å². The Hall–Kier alpha value is -2.47. The Kier molecular flexibility index (Phi) is 3.69. The fraction of sp³-hybridized carbons (Fsp3) is 0.389. The number of nitrogens with one attached hydrogen (secondary N) is 1. The molecule has 1 aliphatic heterocycles. The summed E-state index contributed by atoms with van der Waals surface area (Å²) >= 11 is 0. The molecule has 0 radical (unpaired) electrons. The van der Waals surface area contributed by atoms with Gasteiger partial charge in [-0.2, -0.15) is 5.10 Å². The van der Waals surface area contributed by atoms with Gasteiger partial charge in [0.25, 0.3) is 5.56 Å². The van der Waals surface area contributed by atoms with Crippen molar-refractivity contribution in [2.24, 2.45) is 7.05 Å². The lowest BCUT2D eigenvalue weighted by Gasteiger charge is -2.25. The number of aromatic amines is 1. The van der Waals surface area contributed by atoms with E-state index in [-0.39, 0.29) is 5.56 Å². The number of aryl methyl sites for hydroxylation is 2. The number of likely N-dealkylation sites (tertiary alicyclic amines) is 1. The Labute approximate surface area is 140 Å². The molecule has 1 atom stereocenters. The highest BCUT2D eigenvalue weighted by atomic mass is 16.1. The van der Waals surface area contributed by atoms with E-state index in [1.807, 2.05) is 7.05 Å². The molecule has 2 aromatic heterocycles. The van der Waals surface area contributed by atoms with Crippen molar-refractivity contribution < 1.29 is 0 Å². The number of rotatable bonds is 3. The Morgan fingerprint density at radius 3 is 3.00 bits per heavy atom. The second kappa shape index (κ2) is 5.87. The first-order valence-electron chi connectivity index (χ1n) is 8.34. The Balaban J connectivity index is 1.66. The maximum Gasteiger partial charge on any atom is 0.262 e. The predicted octanol–water partition coefficient (Wildman–Crippen LogP) is 2.30. The minimum absolute atomic E-state index is 0.116. The van der Waals surface area contributed by atoms with E-state index in [1.165, 1.54) is 11.1 Å². The molecular formula is C18H21N5O. The normalized spacial score (nSPS) is 18.5. The maximum absolute atomic E-state index is 12.2. The second-order valence-corrected chi connectivity index (χ2v) is 6.50. The first kappa shape index (κ1) is 15.1. The van der Waals surface area contributed by atoms with E-state index in [2.05, 4.69) is 51.2 Å². The van der Waals surface area contributed by atoms with Gasteiger partial charge in [-0.3, -0.25) is 14.4 Å². The Morgan fingerprint density at radius 2 is 2.17 bits per heavy atom. The quantitative estimate of drug-likeness (QED) is 0.803. The van der Waals surface area contributed by atoms with E-state index >= 15 is 0 Å². The van der Waals surface area contributed by atoms with Crippen LogP contribution in [-0.2, 0) is 13.6 Å².